The molecule has 0 amide bonds. The SMILES string of the molecule is c1ccc(-c2cc(N(c3ccc4c(c3)C(c3ccccc3)(c3ccccc3)c3ccccc3-4)c3ccc4c(c3)sc3ccccc34)cc([Si]3(c4ccccc4)c4ccccc4-c4ccccc43)c2)cc1. The number of hydrogen-bond donors (Lipinski definition) is 0. The van der Waals surface area contributed by atoms with Crippen LogP contribution in [0, 0.1) is 0 Å². The Hall–Kier alpha value is -8.34. The van der Waals surface area contributed by atoms with Crippen molar-refractivity contribution in [1.82, 2.24) is 0 Å². The van der Waals surface area contributed by atoms with Gasteiger partial charge in [-0.05, 0) is 119 Å². The minimum absolute atomic E-state index is 0.551. The molecule has 0 unspecified atom stereocenters. The van der Waals surface area contributed by atoms with Crippen LogP contribution in [0.3, 0.4) is 0 Å². The first-order valence-electron chi connectivity index (χ1n) is 24.2. The molecule has 2 aliphatic rings. The van der Waals surface area contributed by atoms with Gasteiger partial charge in [0.05, 0.1) is 5.41 Å². The fraction of sp³-hybridized carbons (Fsp3) is 0.0149. The van der Waals surface area contributed by atoms with Gasteiger partial charge in [-0.1, -0.05) is 231 Å². The molecular formula is C67H45NSSi. The maximum atomic E-state index is 2.56. The fourth-order valence-corrected chi connectivity index (χ4v) is 18.7. The van der Waals surface area contributed by atoms with Crippen LogP contribution < -0.4 is 25.6 Å². The van der Waals surface area contributed by atoms with E-state index in [1.165, 1.54) is 96.6 Å². The van der Waals surface area contributed by atoms with Crippen LogP contribution in [-0.4, -0.2) is 8.07 Å². The number of thiophene rings is 1. The van der Waals surface area contributed by atoms with E-state index in [0.29, 0.717) is 0 Å². The number of rotatable bonds is 8. The van der Waals surface area contributed by atoms with Crippen molar-refractivity contribution < 1.29 is 0 Å². The van der Waals surface area contributed by atoms with Gasteiger partial charge >= 0.3 is 0 Å². The number of nitrogens with zero attached hydrogens (tertiary/aromatic N) is 1. The summed E-state index contributed by atoms with van der Waals surface area (Å²) in [7, 11) is -2.93. The summed E-state index contributed by atoms with van der Waals surface area (Å²) in [5, 5.41) is 8.19. The van der Waals surface area contributed by atoms with Gasteiger partial charge in [-0.3, -0.25) is 0 Å². The van der Waals surface area contributed by atoms with Gasteiger partial charge in [0.15, 0.2) is 8.07 Å². The standard InChI is InChI=1S/C67H45NSSi/c1-5-21-46(22-6-1)47-41-52(43-54(42-47)70(53-27-11-4-12-28-53)65-35-19-15-31-59(65)60-32-16-20-36-66(60)70)68(51-38-40-58-57-30-14-18-34-63(57)69-64(58)45-51)50-37-39-56-55-29-13-17-33-61(55)67(62(56)44-50,48-23-7-2-8-24-48)49-25-9-3-10-26-49/h1-45H. The summed E-state index contributed by atoms with van der Waals surface area (Å²) in [5.41, 5.74) is 15.5. The molecule has 0 fully saturated rings. The molecule has 0 saturated heterocycles. The monoisotopic (exact) mass is 923 g/mol. The van der Waals surface area contributed by atoms with E-state index < -0.39 is 13.5 Å². The van der Waals surface area contributed by atoms with Crippen LogP contribution >= 0.6 is 11.3 Å². The van der Waals surface area contributed by atoms with Crippen molar-refractivity contribution in [3.8, 4) is 33.4 Å². The Balaban J connectivity index is 1.09. The lowest BCUT2D eigenvalue weighted by molar-refractivity contribution is 0.768. The van der Waals surface area contributed by atoms with Crippen molar-refractivity contribution >= 4 is 77.4 Å². The molecule has 1 aliphatic heterocycles. The average molecular weight is 924 g/mol. The van der Waals surface area contributed by atoms with Gasteiger partial charge in [0, 0.05) is 37.2 Å². The van der Waals surface area contributed by atoms with Crippen molar-refractivity contribution in [3.63, 3.8) is 0 Å². The van der Waals surface area contributed by atoms with Crippen LogP contribution in [0.2, 0.25) is 0 Å². The molecule has 0 radical (unpaired) electrons. The molecule has 0 atom stereocenters. The van der Waals surface area contributed by atoms with Gasteiger partial charge in [0.25, 0.3) is 0 Å². The number of anilines is 3. The molecule has 11 aromatic carbocycles. The number of fused-ring (bicyclic) bond motifs is 9. The van der Waals surface area contributed by atoms with E-state index in [0.717, 1.165) is 17.1 Å². The van der Waals surface area contributed by atoms with E-state index in [4.69, 9.17) is 0 Å². The van der Waals surface area contributed by atoms with Crippen LogP contribution in [-0.2, 0) is 5.41 Å². The van der Waals surface area contributed by atoms with Gasteiger partial charge in [0.1, 0.15) is 0 Å². The minimum atomic E-state index is -2.93. The molecular weight excluding hydrogens is 879 g/mol. The Labute approximate surface area is 413 Å². The molecule has 1 nitrogen and oxygen atoms in total. The Morgan fingerprint density at radius 3 is 1.54 bits per heavy atom. The first kappa shape index (κ1) is 40.7. The summed E-state index contributed by atoms with van der Waals surface area (Å²) < 4.78 is 2.57. The summed E-state index contributed by atoms with van der Waals surface area (Å²) >= 11 is 1.87. The van der Waals surface area contributed by atoms with Gasteiger partial charge < -0.3 is 4.90 Å². The van der Waals surface area contributed by atoms with Crippen molar-refractivity contribution in [3.05, 3.63) is 295 Å². The molecule has 1 aromatic heterocycles. The number of hydrogen-bond acceptors (Lipinski definition) is 2. The Bertz CT molecular complexity index is 3870. The Morgan fingerprint density at radius 1 is 0.314 bits per heavy atom. The van der Waals surface area contributed by atoms with E-state index >= 15 is 0 Å². The second kappa shape index (κ2) is 16.1. The quantitative estimate of drug-likeness (QED) is 0.137. The third-order valence-corrected chi connectivity index (χ3v) is 21.2. The van der Waals surface area contributed by atoms with Crippen LogP contribution in [0.5, 0.6) is 0 Å². The maximum Gasteiger partial charge on any atom is 0.180 e. The lowest BCUT2D eigenvalue weighted by Gasteiger charge is -2.35. The normalized spacial score (nSPS) is 13.7. The molecule has 0 saturated carbocycles. The zero-order valence-electron chi connectivity index (χ0n) is 38.3. The van der Waals surface area contributed by atoms with Crippen LogP contribution in [0.25, 0.3) is 53.6 Å². The smallest absolute Gasteiger partial charge is 0.180 e. The molecule has 1 aliphatic carbocycles. The lowest BCUT2D eigenvalue weighted by atomic mass is 9.67. The zero-order valence-corrected chi connectivity index (χ0v) is 40.2. The van der Waals surface area contributed by atoms with Crippen molar-refractivity contribution in [2.24, 2.45) is 0 Å². The molecule has 14 rings (SSSR count). The second-order valence-corrected chi connectivity index (χ2v) is 23.5. The topological polar surface area (TPSA) is 3.24 Å². The summed E-state index contributed by atoms with van der Waals surface area (Å²) in [6.07, 6.45) is 0. The van der Waals surface area contributed by atoms with Crippen LogP contribution in [0.4, 0.5) is 17.1 Å². The molecule has 0 N–H and O–H groups in total. The predicted octanol–water partition coefficient (Wildman–Crippen LogP) is 14.9. The zero-order chi connectivity index (χ0) is 46.2. The van der Waals surface area contributed by atoms with E-state index in [1.807, 2.05) is 11.3 Å². The second-order valence-electron chi connectivity index (χ2n) is 18.7. The largest absolute Gasteiger partial charge is 0.310 e. The summed E-state index contributed by atoms with van der Waals surface area (Å²) in [6, 6.07) is 103. The highest BCUT2D eigenvalue weighted by atomic mass is 32.1. The highest BCUT2D eigenvalue weighted by Crippen LogP contribution is 2.57. The molecule has 70 heavy (non-hydrogen) atoms. The van der Waals surface area contributed by atoms with Crippen molar-refractivity contribution in [2.75, 3.05) is 4.90 Å². The van der Waals surface area contributed by atoms with Gasteiger partial charge in [-0.25, -0.2) is 0 Å². The molecule has 12 aromatic rings. The molecule has 328 valence electrons. The van der Waals surface area contributed by atoms with E-state index in [2.05, 4.69) is 278 Å². The molecule has 3 heteroatoms. The van der Waals surface area contributed by atoms with E-state index in [9.17, 15) is 0 Å². The maximum absolute atomic E-state index is 2.93. The molecule has 0 spiro atoms. The third-order valence-electron chi connectivity index (χ3n) is 15.2. The van der Waals surface area contributed by atoms with Gasteiger partial charge in [-0.15, -0.1) is 11.3 Å². The van der Waals surface area contributed by atoms with Crippen LogP contribution in [0.1, 0.15) is 22.3 Å². The first-order chi connectivity index (χ1) is 34.7. The van der Waals surface area contributed by atoms with Crippen molar-refractivity contribution in [1.29, 1.82) is 0 Å². The van der Waals surface area contributed by atoms with E-state index in [-0.39, 0.29) is 0 Å². The van der Waals surface area contributed by atoms with Crippen LogP contribution in [0.15, 0.2) is 273 Å². The molecule has 0 bridgehead atoms. The Morgan fingerprint density at radius 2 is 0.843 bits per heavy atom. The average Bonchev–Trinajstić information content (AvgIpc) is 4.07. The van der Waals surface area contributed by atoms with Gasteiger partial charge in [-0.2, -0.15) is 0 Å². The third kappa shape index (κ3) is 5.95. The summed E-state index contributed by atoms with van der Waals surface area (Å²) in [5.74, 6) is 0. The summed E-state index contributed by atoms with van der Waals surface area (Å²) in [4.78, 5) is 2.56. The highest BCUT2D eigenvalue weighted by Gasteiger charge is 2.49. The first-order valence-corrected chi connectivity index (χ1v) is 27.1. The fourth-order valence-electron chi connectivity index (χ4n) is 12.3. The minimum Gasteiger partial charge on any atom is -0.310 e. The highest BCUT2D eigenvalue weighted by molar-refractivity contribution is 7.26. The van der Waals surface area contributed by atoms with Crippen molar-refractivity contribution in [2.45, 2.75) is 5.41 Å². The lowest BCUT2D eigenvalue weighted by Crippen LogP contribution is -2.72. The molecule has 2 heterocycles. The Kier molecular flexibility index (Phi) is 9.38. The van der Waals surface area contributed by atoms with Gasteiger partial charge in [0.2, 0.25) is 0 Å². The van der Waals surface area contributed by atoms with E-state index in [1.54, 1.807) is 0 Å². The predicted molar refractivity (Wildman–Crippen MR) is 299 cm³/mol. The number of benzene rings is 11. The summed E-state index contributed by atoms with van der Waals surface area (Å²) in [6.45, 7) is 0.